The number of aromatic nitrogens is 3. The quantitative estimate of drug-likeness (QED) is 0.442. The molecule has 4 aromatic rings. The monoisotopic (exact) mass is 473 g/mol. The van der Waals surface area contributed by atoms with Gasteiger partial charge < -0.3 is 18.9 Å². The van der Waals surface area contributed by atoms with E-state index in [0.717, 1.165) is 16.8 Å². The molecule has 0 radical (unpaired) electrons. The number of rotatable bonds is 5. The molecule has 0 unspecified atom stereocenters. The van der Waals surface area contributed by atoms with Crippen LogP contribution in [0.3, 0.4) is 0 Å². The van der Waals surface area contributed by atoms with E-state index in [4.69, 9.17) is 4.52 Å². The third kappa shape index (κ3) is 4.98. The number of piperazine rings is 1. The summed E-state index contributed by atoms with van der Waals surface area (Å²) >= 11 is 0. The molecule has 35 heavy (non-hydrogen) atoms. The minimum atomic E-state index is -0.287. The molecule has 0 aliphatic carbocycles. The average Bonchev–Trinajstić information content (AvgIpc) is 3.37. The first-order valence-corrected chi connectivity index (χ1v) is 11.4. The zero-order valence-corrected chi connectivity index (χ0v) is 19.2. The van der Waals surface area contributed by atoms with Crippen molar-refractivity contribution >= 4 is 11.6 Å². The third-order valence-electron chi connectivity index (χ3n) is 6.10. The number of anilines is 1. The van der Waals surface area contributed by atoms with Crippen LogP contribution in [-0.2, 0) is 11.3 Å². The summed E-state index contributed by atoms with van der Waals surface area (Å²) in [5, 5.41) is 4.04. The van der Waals surface area contributed by atoms with E-state index in [2.05, 4.69) is 15.0 Å². The molecule has 1 fully saturated rings. The van der Waals surface area contributed by atoms with Gasteiger partial charge in [0.05, 0.1) is 5.56 Å². The van der Waals surface area contributed by atoms with Crippen molar-refractivity contribution in [2.24, 2.45) is 0 Å². The topological polar surface area (TPSA) is 84.5 Å². The van der Waals surface area contributed by atoms with Gasteiger partial charge in [0.1, 0.15) is 12.4 Å². The van der Waals surface area contributed by atoms with E-state index in [1.54, 1.807) is 29.3 Å². The minimum absolute atomic E-state index is 0.0812. The maximum absolute atomic E-state index is 13.2. The molecule has 1 amide bonds. The Morgan fingerprint density at radius 3 is 2.34 bits per heavy atom. The fraction of sp³-hybridized carbons (Fsp3) is 0.231. The average molecular weight is 474 g/mol. The SMILES string of the molecule is Cc1ccc(-c2noc(-c3ccc(=O)n(CC(=O)N4CCN(c5ccc(F)cc5)CC4)c3)n2)cc1. The number of aryl methyl sites for hydroxylation is 1. The summed E-state index contributed by atoms with van der Waals surface area (Å²) in [5.41, 5.74) is 3.15. The minimum Gasteiger partial charge on any atom is -0.368 e. The van der Waals surface area contributed by atoms with Gasteiger partial charge in [-0.3, -0.25) is 9.59 Å². The van der Waals surface area contributed by atoms with Crippen molar-refractivity contribution in [3.05, 3.63) is 88.6 Å². The molecule has 0 saturated carbocycles. The molecule has 2 aromatic heterocycles. The van der Waals surface area contributed by atoms with Gasteiger partial charge in [0.25, 0.3) is 11.4 Å². The number of hydrogen-bond donors (Lipinski definition) is 0. The van der Waals surface area contributed by atoms with Crippen molar-refractivity contribution in [2.45, 2.75) is 13.5 Å². The largest absolute Gasteiger partial charge is 0.368 e. The standard InChI is InChI=1S/C26H24FN5O3/c1-18-2-4-19(5-3-18)25-28-26(35-29-25)20-6-11-23(33)32(16-20)17-24(34)31-14-12-30(13-15-31)22-9-7-21(27)8-10-22/h2-11,16H,12-15,17H2,1H3. The number of halogens is 1. The first kappa shape index (κ1) is 22.5. The Morgan fingerprint density at radius 2 is 1.63 bits per heavy atom. The molecule has 9 heteroatoms. The Bertz CT molecular complexity index is 1390. The van der Waals surface area contributed by atoms with Gasteiger partial charge in [-0.25, -0.2) is 4.39 Å². The lowest BCUT2D eigenvalue weighted by Crippen LogP contribution is -2.50. The number of pyridine rings is 1. The van der Waals surface area contributed by atoms with Crippen LogP contribution in [0.2, 0.25) is 0 Å². The van der Waals surface area contributed by atoms with E-state index >= 15 is 0 Å². The molecule has 5 rings (SSSR count). The first-order chi connectivity index (χ1) is 17.0. The van der Waals surface area contributed by atoms with Crippen LogP contribution in [0.1, 0.15) is 5.56 Å². The van der Waals surface area contributed by atoms with Gasteiger partial charge in [0, 0.05) is 49.7 Å². The highest BCUT2D eigenvalue weighted by molar-refractivity contribution is 5.76. The molecule has 0 atom stereocenters. The first-order valence-electron chi connectivity index (χ1n) is 11.4. The highest BCUT2D eigenvalue weighted by Crippen LogP contribution is 2.22. The van der Waals surface area contributed by atoms with Gasteiger partial charge >= 0.3 is 0 Å². The van der Waals surface area contributed by atoms with Crippen molar-refractivity contribution in [3.63, 3.8) is 0 Å². The summed E-state index contributed by atoms with van der Waals surface area (Å²) in [6.45, 7) is 4.23. The predicted molar refractivity (Wildman–Crippen MR) is 129 cm³/mol. The zero-order chi connectivity index (χ0) is 24.4. The van der Waals surface area contributed by atoms with Crippen LogP contribution < -0.4 is 10.5 Å². The number of carbonyl (C=O) groups excluding carboxylic acids is 1. The number of benzene rings is 2. The Morgan fingerprint density at radius 1 is 0.943 bits per heavy atom. The molecule has 8 nitrogen and oxygen atoms in total. The van der Waals surface area contributed by atoms with E-state index in [1.165, 1.54) is 22.8 Å². The molecule has 2 aromatic carbocycles. The number of carbonyl (C=O) groups is 1. The summed E-state index contributed by atoms with van der Waals surface area (Å²) in [6, 6.07) is 17.1. The van der Waals surface area contributed by atoms with Gasteiger partial charge in [-0.2, -0.15) is 4.98 Å². The molecular formula is C26H24FN5O3. The normalized spacial score (nSPS) is 13.8. The molecule has 1 aliphatic rings. The Labute approximate surface area is 201 Å². The highest BCUT2D eigenvalue weighted by Gasteiger charge is 2.22. The van der Waals surface area contributed by atoms with Gasteiger partial charge in [-0.15, -0.1) is 0 Å². The molecule has 3 heterocycles. The molecular weight excluding hydrogens is 449 g/mol. The molecule has 1 saturated heterocycles. The zero-order valence-electron chi connectivity index (χ0n) is 19.2. The lowest BCUT2D eigenvalue weighted by molar-refractivity contribution is -0.132. The van der Waals surface area contributed by atoms with Gasteiger partial charge in [0.15, 0.2) is 0 Å². The predicted octanol–water partition coefficient (Wildman–Crippen LogP) is 3.36. The Hall–Kier alpha value is -4.27. The lowest BCUT2D eigenvalue weighted by Gasteiger charge is -2.36. The van der Waals surface area contributed by atoms with Crippen LogP contribution in [0.25, 0.3) is 22.8 Å². The van der Waals surface area contributed by atoms with Crippen molar-refractivity contribution in [1.29, 1.82) is 0 Å². The van der Waals surface area contributed by atoms with Crippen LogP contribution in [-0.4, -0.2) is 51.7 Å². The second kappa shape index (κ2) is 9.54. The van der Waals surface area contributed by atoms with E-state index in [9.17, 15) is 14.0 Å². The summed E-state index contributed by atoms with van der Waals surface area (Å²) in [6.07, 6.45) is 1.57. The highest BCUT2D eigenvalue weighted by atomic mass is 19.1. The van der Waals surface area contributed by atoms with Gasteiger partial charge in [-0.1, -0.05) is 35.0 Å². The van der Waals surface area contributed by atoms with Crippen LogP contribution in [0.4, 0.5) is 10.1 Å². The van der Waals surface area contributed by atoms with E-state index in [0.29, 0.717) is 37.6 Å². The fourth-order valence-corrected chi connectivity index (χ4v) is 4.05. The summed E-state index contributed by atoms with van der Waals surface area (Å²) in [5.74, 6) is 0.304. The molecule has 0 spiro atoms. The van der Waals surface area contributed by atoms with E-state index in [-0.39, 0.29) is 29.7 Å². The number of amides is 1. The number of nitrogens with zero attached hydrogens (tertiary/aromatic N) is 5. The Balaban J connectivity index is 1.26. The maximum atomic E-state index is 13.2. The fourth-order valence-electron chi connectivity index (χ4n) is 4.05. The van der Waals surface area contributed by atoms with Crippen LogP contribution in [0.5, 0.6) is 0 Å². The van der Waals surface area contributed by atoms with Gasteiger partial charge in [-0.05, 0) is 37.3 Å². The summed E-state index contributed by atoms with van der Waals surface area (Å²) in [7, 11) is 0. The maximum Gasteiger partial charge on any atom is 0.259 e. The smallest absolute Gasteiger partial charge is 0.259 e. The molecule has 1 aliphatic heterocycles. The van der Waals surface area contributed by atoms with Crippen molar-refractivity contribution in [2.75, 3.05) is 31.1 Å². The van der Waals surface area contributed by atoms with Crippen molar-refractivity contribution < 1.29 is 13.7 Å². The van der Waals surface area contributed by atoms with Crippen molar-refractivity contribution in [1.82, 2.24) is 19.6 Å². The van der Waals surface area contributed by atoms with Crippen LogP contribution in [0, 0.1) is 12.7 Å². The van der Waals surface area contributed by atoms with Crippen molar-refractivity contribution in [3.8, 4) is 22.8 Å². The molecule has 0 bridgehead atoms. The molecule has 0 N–H and O–H groups in total. The van der Waals surface area contributed by atoms with Crippen LogP contribution >= 0.6 is 0 Å². The van der Waals surface area contributed by atoms with Crippen LogP contribution in [0.15, 0.2) is 76.2 Å². The second-order valence-corrected chi connectivity index (χ2v) is 8.52. The Kier molecular flexibility index (Phi) is 6.13. The summed E-state index contributed by atoms with van der Waals surface area (Å²) in [4.78, 5) is 33.6. The van der Waals surface area contributed by atoms with E-state index < -0.39 is 0 Å². The number of hydrogen-bond acceptors (Lipinski definition) is 6. The van der Waals surface area contributed by atoms with Gasteiger partial charge in [0.2, 0.25) is 11.7 Å². The third-order valence-corrected chi connectivity index (χ3v) is 6.10. The molecule has 178 valence electrons. The lowest BCUT2D eigenvalue weighted by atomic mass is 10.1. The summed E-state index contributed by atoms with van der Waals surface area (Å²) < 4.78 is 20.0. The second-order valence-electron chi connectivity index (χ2n) is 8.52. The van der Waals surface area contributed by atoms with E-state index in [1.807, 2.05) is 31.2 Å².